The van der Waals surface area contributed by atoms with Gasteiger partial charge in [0.2, 0.25) is 0 Å². The second kappa shape index (κ2) is 9.42. The summed E-state index contributed by atoms with van der Waals surface area (Å²) in [5.41, 5.74) is 3.56. The van der Waals surface area contributed by atoms with Crippen LogP contribution >= 0.6 is 0 Å². The number of para-hydroxylation sites is 1. The van der Waals surface area contributed by atoms with Gasteiger partial charge in [-0.05, 0) is 30.5 Å². The van der Waals surface area contributed by atoms with Crippen molar-refractivity contribution in [1.82, 2.24) is 15.1 Å². The van der Waals surface area contributed by atoms with Crippen LogP contribution in [0.1, 0.15) is 16.7 Å². The largest absolute Gasteiger partial charge is 0.491 e. The highest BCUT2D eigenvalue weighted by atomic mass is 16.5. The van der Waals surface area contributed by atoms with Crippen molar-refractivity contribution in [3.8, 4) is 5.75 Å². The van der Waals surface area contributed by atoms with Gasteiger partial charge in [-0.15, -0.1) is 0 Å². The minimum absolute atomic E-state index is 0.000494. The molecule has 2 aromatic rings. The molecule has 2 aromatic carbocycles. The number of piperazine rings is 1. The molecule has 144 valence electrons. The number of carbonyl (C=O) groups excluding carboxylic acids is 1. The summed E-state index contributed by atoms with van der Waals surface area (Å²) in [6.07, 6.45) is 0. The summed E-state index contributed by atoms with van der Waals surface area (Å²) in [6.45, 7) is 9.34. The zero-order valence-corrected chi connectivity index (χ0v) is 16.3. The monoisotopic (exact) mass is 367 g/mol. The first kappa shape index (κ1) is 19.2. The van der Waals surface area contributed by atoms with Gasteiger partial charge in [-0.2, -0.15) is 0 Å². The number of nitrogens with zero attached hydrogens (tertiary/aromatic N) is 2. The Kier molecular flexibility index (Phi) is 6.71. The van der Waals surface area contributed by atoms with E-state index in [1.165, 1.54) is 5.56 Å². The number of hydrogen-bond donors (Lipinski definition) is 1. The molecule has 2 amide bonds. The Labute approximate surface area is 161 Å². The topological polar surface area (TPSA) is 44.8 Å². The van der Waals surface area contributed by atoms with Gasteiger partial charge in [-0.1, -0.05) is 48.5 Å². The van der Waals surface area contributed by atoms with E-state index in [9.17, 15) is 4.79 Å². The molecule has 1 heterocycles. The Balaban J connectivity index is 1.36. The lowest BCUT2D eigenvalue weighted by Gasteiger charge is -2.34. The second-order valence-corrected chi connectivity index (χ2v) is 7.05. The Morgan fingerprint density at radius 3 is 2.30 bits per heavy atom. The Bertz CT molecular complexity index is 720. The second-order valence-electron chi connectivity index (χ2n) is 7.05. The van der Waals surface area contributed by atoms with Crippen molar-refractivity contribution < 1.29 is 9.53 Å². The maximum absolute atomic E-state index is 12.3. The van der Waals surface area contributed by atoms with Crippen molar-refractivity contribution in [2.75, 3.05) is 39.3 Å². The van der Waals surface area contributed by atoms with Crippen LogP contribution in [0.3, 0.4) is 0 Å². The molecule has 0 atom stereocenters. The van der Waals surface area contributed by atoms with Crippen LogP contribution in [0, 0.1) is 13.8 Å². The number of urea groups is 1. The minimum atomic E-state index is -0.000494. The summed E-state index contributed by atoms with van der Waals surface area (Å²) in [7, 11) is 0. The molecule has 1 fully saturated rings. The van der Waals surface area contributed by atoms with Crippen molar-refractivity contribution in [3.63, 3.8) is 0 Å². The highest BCUT2D eigenvalue weighted by Gasteiger charge is 2.20. The number of hydrogen-bond acceptors (Lipinski definition) is 3. The summed E-state index contributed by atoms with van der Waals surface area (Å²) in [5.74, 6) is 0.918. The fourth-order valence-corrected chi connectivity index (χ4v) is 3.40. The van der Waals surface area contributed by atoms with Crippen molar-refractivity contribution in [3.05, 3.63) is 65.2 Å². The van der Waals surface area contributed by atoms with Crippen molar-refractivity contribution in [1.29, 1.82) is 0 Å². The molecule has 1 saturated heterocycles. The van der Waals surface area contributed by atoms with Crippen LogP contribution in [0.5, 0.6) is 5.75 Å². The van der Waals surface area contributed by atoms with Crippen LogP contribution in [0.2, 0.25) is 0 Å². The predicted molar refractivity (Wildman–Crippen MR) is 108 cm³/mol. The lowest BCUT2D eigenvalue weighted by atomic mass is 10.1. The van der Waals surface area contributed by atoms with Crippen LogP contribution in [0.25, 0.3) is 0 Å². The molecule has 0 aliphatic carbocycles. The first-order valence-corrected chi connectivity index (χ1v) is 9.61. The van der Waals surface area contributed by atoms with Gasteiger partial charge in [0.15, 0.2) is 0 Å². The molecule has 5 heteroatoms. The number of nitrogens with one attached hydrogen (secondary N) is 1. The number of carbonyl (C=O) groups is 1. The van der Waals surface area contributed by atoms with Crippen molar-refractivity contribution in [2.24, 2.45) is 0 Å². The van der Waals surface area contributed by atoms with Gasteiger partial charge in [0.1, 0.15) is 12.4 Å². The Hall–Kier alpha value is -2.53. The maximum atomic E-state index is 12.3. The molecule has 0 spiro atoms. The molecule has 3 rings (SSSR count). The van der Waals surface area contributed by atoms with Gasteiger partial charge in [-0.3, -0.25) is 4.90 Å². The van der Waals surface area contributed by atoms with Gasteiger partial charge in [0.25, 0.3) is 0 Å². The van der Waals surface area contributed by atoms with E-state index in [0.29, 0.717) is 13.2 Å². The van der Waals surface area contributed by atoms with E-state index >= 15 is 0 Å². The Morgan fingerprint density at radius 2 is 1.63 bits per heavy atom. The van der Waals surface area contributed by atoms with Crippen LogP contribution in [0.15, 0.2) is 48.5 Å². The van der Waals surface area contributed by atoms with E-state index in [4.69, 9.17) is 4.74 Å². The lowest BCUT2D eigenvalue weighted by Crippen LogP contribution is -2.51. The third kappa shape index (κ3) is 5.47. The molecule has 1 aliphatic heterocycles. The Morgan fingerprint density at radius 1 is 0.963 bits per heavy atom. The minimum Gasteiger partial charge on any atom is -0.491 e. The fourth-order valence-electron chi connectivity index (χ4n) is 3.40. The van der Waals surface area contributed by atoms with Crippen LogP contribution in [-0.2, 0) is 6.54 Å². The first-order chi connectivity index (χ1) is 13.1. The van der Waals surface area contributed by atoms with E-state index in [-0.39, 0.29) is 6.03 Å². The molecule has 0 bridgehead atoms. The van der Waals surface area contributed by atoms with Gasteiger partial charge in [-0.25, -0.2) is 4.79 Å². The predicted octanol–water partition coefficient (Wildman–Crippen LogP) is 3.21. The van der Waals surface area contributed by atoms with E-state index in [1.54, 1.807) is 0 Å². The molecule has 1 N–H and O–H groups in total. The molecule has 27 heavy (non-hydrogen) atoms. The number of aryl methyl sites for hydroxylation is 2. The van der Waals surface area contributed by atoms with Crippen molar-refractivity contribution in [2.45, 2.75) is 20.4 Å². The normalized spacial score (nSPS) is 14.8. The number of benzene rings is 2. The highest BCUT2D eigenvalue weighted by Crippen LogP contribution is 2.21. The summed E-state index contributed by atoms with van der Waals surface area (Å²) in [5, 5.41) is 2.97. The molecule has 0 saturated carbocycles. The van der Waals surface area contributed by atoms with E-state index in [1.807, 2.05) is 43.0 Å². The third-order valence-electron chi connectivity index (χ3n) is 4.94. The molecule has 0 aromatic heterocycles. The van der Waals surface area contributed by atoms with Crippen LogP contribution in [0.4, 0.5) is 4.79 Å². The molecular weight excluding hydrogens is 338 g/mol. The third-order valence-corrected chi connectivity index (χ3v) is 4.94. The number of rotatable bonds is 6. The summed E-state index contributed by atoms with van der Waals surface area (Å²) in [4.78, 5) is 16.6. The van der Waals surface area contributed by atoms with E-state index in [0.717, 1.165) is 49.6 Å². The average Bonchev–Trinajstić information content (AvgIpc) is 2.68. The summed E-state index contributed by atoms with van der Waals surface area (Å²) in [6, 6.07) is 16.6. The summed E-state index contributed by atoms with van der Waals surface area (Å²) >= 11 is 0. The molecule has 5 nitrogen and oxygen atoms in total. The van der Waals surface area contributed by atoms with E-state index < -0.39 is 0 Å². The zero-order valence-electron chi connectivity index (χ0n) is 16.3. The van der Waals surface area contributed by atoms with Crippen LogP contribution in [-0.4, -0.2) is 55.2 Å². The average molecular weight is 367 g/mol. The quantitative estimate of drug-likeness (QED) is 0.798. The van der Waals surface area contributed by atoms with Crippen LogP contribution < -0.4 is 10.1 Å². The van der Waals surface area contributed by atoms with Gasteiger partial charge in [0.05, 0.1) is 6.54 Å². The fraction of sp³-hybridized carbons (Fsp3) is 0.409. The highest BCUT2D eigenvalue weighted by molar-refractivity contribution is 5.74. The zero-order chi connectivity index (χ0) is 19.1. The van der Waals surface area contributed by atoms with E-state index in [2.05, 4.69) is 34.5 Å². The lowest BCUT2D eigenvalue weighted by molar-refractivity contribution is 0.134. The van der Waals surface area contributed by atoms with Gasteiger partial charge >= 0.3 is 6.03 Å². The van der Waals surface area contributed by atoms with Gasteiger partial charge in [0, 0.05) is 32.7 Å². The van der Waals surface area contributed by atoms with Crippen molar-refractivity contribution >= 4 is 6.03 Å². The van der Waals surface area contributed by atoms with Gasteiger partial charge < -0.3 is 15.0 Å². The molecule has 0 unspecified atom stereocenters. The molecule has 0 radical (unpaired) electrons. The number of amides is 2. The number of ether oxygens (including phenoxy) is 1. The molecular formula is C22H29N3O2. The SMILES string of the molecule is Cc1cccc(C)c1OCCNC(=O)N1CCN(Cc2ccccc2)CC1. The maximum Gasteiger partial charge on any atom is 0.317 e. The first-order valence-electron chi connectivity index (χ1n) is 9.61. The molecule has 1 aliphatic rings. The standard InChI is InChI=1S/C22H29N3O2/c1-18-7-6-8-19(2)21(18)27-16-11-23-22(26)25-14-12-24(13-15-25)17-20-9-4-3-5-10-20/h3-10H,11-17H2,1-2H3,(H,23,26). The smallest absolute Gasteiger partial charge is 0.317 e. The summed E-state index contributed by atoms with van der Waals surface area (Å²) < 4.78 is 5.85.